The van der Waals surface area contributed by atoms with Crippen molar-refractivity contribution in [2.24, 2.45) is 0 Å². The SMILES string of the molecule is C=C(Cl)CCc1cc(F)c(F)c(F)c1. The van der Waals surface area contributed by atoms with Gasteiger partial charge in [0.2, 0.25) is 0 Å². The third-order valence-corrected chi connectivity index (χ3v) is 1.92. The molecular weight excluding hydrogens is 213 g/mol. The van der Waals surface area contributed by atoms with Crippen LogP contribution in [-0.4, -0.2) is 0 Å². The molecule has 0 aromatic heterocycles. The number of allylic oxidation sites excluding steroid dienone is 1. The molecule has 76 valence electrons. The second kappa shape index (κ2) is 4.51. The fourth-order valence-corrected chi connectivity index (χ4v) is 1.13. The fourth-order valence-electron chi connectivity index (χ4n) is 1.03. The predicted octanol–water partition coefficient (Wildman–Crippen LogP) is 3.79. The molecule has 0 aliphatic heterocycles. The van der Waals surface area contributed by atoms with Crippen LogP contribution in [0.4, 0.5) is 13.2 Å². The lowest BCUT2D eigenvalue weighted by Crippen LogP contribution is -1.94. The van der Waals surface area contributed by atoms with E-state index in [4.69, 9.17) is 11.6 Å². The summed E-state index contributed by atoms with van der Waals surface area (Å²) in [7, 11) is 0. The molecule has 0 aliphatic rings. The quantitative estimate of drug-likeness (QED) is 0.680. The fraction of sp³-hybridized carbons (Fsp3) is 0.200. The van der Waals surface area contributed by atoms with Crippen molar-refractivity contribution < 1.29 is 13.2 Å². The van der Waals surface area contributed by atoms with Crippen LogP contribution in [0.15, 0.2) is 23.7 Å². The van der Waals surface area contributed by atoms with Crippen LogP contribution < -0.4 is 0 Å². The summed E-state index contributed by atoms with van der Waals surface area (Å²) in [5.74, 6) is -3.81. The van der Waals surface area contributed by atoms with Crippen LogP contribution in [0.2, 0.25) is 0 Å². The Balaban J connectivity index is 2.84. The van der Waals surface area contributed by atoms with Crippen molar-refractivity contribution in [1.29, 1.82) is 0 Å². The summed E-state index contributed by atoms with van der Waals surface area (Å²) in [6, 6.07) is 1.91. The van der Waals surface area contributed by atoms with Crippen LogP contribution in [0.5, 0.6) is 0 Å². The number of halogens is 4. The third kappa shape index (κ3) is 2.77. The second-order valence-corrected chi connectivity index (χ2v) is 3.43. The van der Waals surface area contributed by atoms with Crippen molar-refractivity contribution >= 4 is 11.6 Å². The van der Waals surface area contributed by atoms with E-state index in [1.807, 2.05) is 0 Å². The van der Waals surface area contributed by atoms with E-state index in [1.165, 1.54) is 0 Å². The molecule has 0 N–H and O–H groups in total. The average Bonchev–Trinajstić information content (AvgIpc) is 2.10. The third-order valence-electron chi connectivity index (χ3n) is 1.73. The molecule has 0 radical (unpaired) electrons. The second-order valence-electron chi connectivity index (χ2n) is 2.89. The van der Waals surface area contributed by atoms with Crippen molar-refractivity contribution in [2.75, 3.05) is 0 Å². The van der Waals surface area contributed by atoms with E-state index in [-0.39, 0.29) is 0 Å². The van der Waals surface area contributed by atoms with Crippen molar-refractivity contribution in [3.05, 3.63) is 46.8 Å². The summed E-state index contributed by atoms with van der Waals surface area (Å²) in [5, 5.41) is 0.398. The van der Waals surface area contributed by atoms with Crippen LogP contribution in [0.25, 0.3) is 0 Å². The van der Waals surface area contributed by atoms with Crippen LogP contribution in [0, 0.1) is 17.5 Å². The standard InChI is InChI=1S/C10H8ClF3/c1-6(11)2-3-7-4-8(12)10(14)9(13)5-7/h4-5H,1-3H2. The van der Waals surface area contributed by atoms with Crippen LogP contribution in [-0.2, 0) is 6.42 Å². The van der Waals surface area contributed by atoms with Gasteiger partial charge >= 0.3 is 0 Å². The summed E-state index contributed by atoms with van der Waals surface area (Å²) in [4.78, 5) is 0. The van der Waals surface area contributed by atoms with Crippen molar-refractivity contribution in [2.45, 2.75) is 12.8 Å². The molecule has 0 nitrogen and oxygen atoms in total. The highest BCUT2D eigenvalue weighted by molar-refractivity contribution is 6.29. The van der Waals surface area contributed by atoms with Gasteiger partial charge in [0.1, 0.15) is 0 Å². The maximum Gasteiger partial charge on any atom is 0.194 e. The maximum absolute atomic E-state index is 12.7. The maximum atomic E-state index is 12.7. The molecule has 0 spiro atoms. The number of hydrogen-bond donors (Lipinski definition) is 0. The lowest BCUT2D eigenvalue weighted by Gasteiger charge is -2.02. The van der Waals surface area contributed by atoms with E-state index in [2.05, 4.69) is 6.58 Å². The van der Waals surface area contributed by atoms with E-state index in [0.717, 1.165) is 12.1 Å². The first-order valence-corrected chi connectivity index (χ1v) is 4.35. The normalized spacial score (nSPS) is 10.3. The van der Waals surface area contributed by atoms with Gasteiger partial charge in [-0.3, -0.25) is 0 Å². The van der Waals surface area contributed by atoms with Gasteiger partial charge in [-0.2, -0.15) is 0 Å². The molecule has 0 unspecified atom stereocenters. The van der Waals surface area contributed by atoms with Gasteiger partial charge in [-0.1, -0.05) is 18.2 Å². The van der Waals surface area contributed by atoms with E-state index in [0.29, 0.717) is 23.4 Å². The molecule has 4 heteroatoms. The zero-order chi connectivity index (χ0) is 10.7. The summed E-state index contributed by atoms with van der Waals surface area (Å²) in [5.41, 5.74) is 0.364. The number of hydrogen-bond acceptors (Lipinski definition) is 0. The molecule has 0 fully saturated rings. The summed E-state index contributed by atoms with van der Waals surface area (Å²) in [6.45, 7) is 3.44. The molecule has 1 aromatic carbocycles. The molecule has 0 amide bonds. The van der Waals surface area contributed by atoms with Gasteiger partial charge in [-0.05, 0) is 30.5 Å². The topological polar surface area (TPSA) is 0 Å². The highest BCUT2D eigenvalue weighted by Gasteiger charge is 2.10. The predicted molar refractivity (Wildman–Crippen MR) is 49.6 cm³/mol. The molecule has 0 aliphatic carbocycles. The van der Waals surface area contributed by atoms with Gasteiger partial charge in [0.05, 0.1) is 0 Å². The van der Waals surface area contributed by atoms with E-state index in [1.54, 1.807) is 0 Å². The Bertz CT molecular complexity index is 337. The molecule has 14 heavy (non-hydrogen) atoms. The van der Waals surface area contributed by atoms with Crippen LogP contribution in [0.1, 0.15) is 12.0 Å². The van der Waals surface area contributed by atoms with Gasteiger partial charge in [0.15, 0.2) is 17.5 Å². The lowest BCUT2D eigenvalue weighted by atomic mass is 10.1. The molecule has 0 saturated carbocycles. The molecule has 0 atom stereocenters. The zero-order valence-electron chi connectivity index (χ0n) is 7.29. The smallest absolute Gasteiger partial charge is 0.194 e. The van der Waals surface area contributed by atoms with Gasteiger partial charge in [0, 0.05) is 5.03 Å². The first-order chi connectivity index (χ1) is 6.50. The number of benzene rings is 1. The van der Waals surface area contributed by atoms with Crippen LogP contribution in [0.3, 0.4) is 0 Å². The van der Waals surface area contributed by atoms with Crippen molar-refractivity contribution in [3.8, 4) is 0 Å². The van der Waals surface area contributed by atoms with Gasteiger partial charge in [-0.15, -0.1) is 0 Å². The largest absolute Gasteiger partial charge is 0.204 e. The molecule has 1 rings (SSSR count). The van der Waals surface area contributed by atoms with Crippen molar-refractivity contribution in [3.63, 3.8) is 0 Å². The van der Waals surface area contributed by atoms with Gasteiger partial charge in [-0.25, -0.2) is 13.2 Å². The first kappa shape index (κ1) is 11.1. The summed E-state index contributed by atoms with van der Waals surface area (Å²) in [6.07, 6.45) is 0.753. The molecule has 1 aromatic rings. The Morgan fingerprint density at radius 1 is 1.21 bits per heavy atom. The highest BCUT2D eigenvalue weighted by Crippen LogP contribution is 2.16. The number of rotatable bonds is 3. The van der Waals surface area contributed by atoms with E-state index >= 15 is 0 Å². The van der Waals surface area contributed by atoms with E-state index < -0.39 is 17.5 Å². The highest BCUT2D eigenvalue weighted by atomic mass is 35.5. The summed E-state index contributed by atoms with van der Waals surface area (Å²) >= 11 is 5.48. The minimum Gasteiger partial charge on any atom is -0.204 e. The Kier molecular flexibility index (Phi) is 3.58. The van der Waals surface area contributed by atoms with Gasteiger partial charge in [0.25, 0.3) is 0 Å². The molecule has 0 bridgehead atoms. The lowest BCUT2D eigenvalue weighted by molar-refractivity contribution is 0.445. The Hall–Kier alpha value is -0.960. The molecule has 0 saturated heterocycles. The number of aryl methyl sites for hydroxylation is 1. The Morgan fingerprint density at radius 3 is 2.14 bits per heavy atom. The molecular formula is C10H8ClF3. The summed E-state index contributed by atoms with van der Waals surface area (Å²) < 4.78 is 37.9. The van der Waals surface area contributed by atoms with Crippen molar-refractivity contribution in [1.82, 2.24) is 0 Å². The monoisotopic (exact) mass is 220 g/mol. The van der Waals surface area contributed by atoms with Gasteiger partial charge < -0.3 is 0 Å². The van der Waals surface area contributed by atoms with Crippen LogP contribution >= 0.6 is 11.6 Å². The Labute approximate surface area is 85.0 Å². The first-order valence-electron chi connectivity index (χ1n) is 3.97. The zero-order valence-corrected chi connectivity index (χ0v) is 8.04. The molecule has 0 heterocycles. The minimum atomic E-state index is -1.45. The minimum absolute atomic E-state index is 0.344. The average molecular weight is 221 g/mol. The van der Waals surface area contributed by atoms with E-state index in [9.17, 15) is 13.2 Å². The Morgan fingerprint density at radius 2 is 1.71 bits per heavy atom.